The molecule has 22 heavy (non-hydrogen) atoms. The van der Waals surface area contributed by atoms with Crippen LogP contribution in [-0.4, -0.2) is 16.5 Å². The smallest absolute Gasteiger partial charge is 0.0923 e. The lowest BCUT2D eigenvalue weighted by molar-refractivity contribution is 0.819. The van der Waals surface area contributed by atoms with Gasteiger partial charge in [0.15, 0.2) is 0 Å². The van der Waals surface area contributed by atoms with Crippen LogP contribution in [0, 0.1) is 0 Å². The van der Waals surface area contributed by atoms with Crippen LogP contribution in [-0.2, 0) is 13.0 Å². The van der Waals surface area contributed by atoms with E-state index in [1.165, 1.54) is 16.8 Å². The molecule has 2 heterocycles. The van der Waals surface area contributed by atoms with Gasteiger partial charge in [0, 0.05) is 23.5 Å². The van der Waals surface area contributed by atoms with Crippen LogP contribution in [0.4, 0.5) is 5.69 Å². The molecule has 1 aromatic heterocycles. The summed E-state index contributed by atoms with van der Waals surface area (Å²) in [6.07, 6.45) is 4.78. The number of hydrogen-bond donors (Lipinski definition) is 1. The van der Waals surface area contributed by atoms with Crippen molar-refractivity contribution in [3.63, 3.8) is 0 Å². The molecular weight excluding hydrogens is 294 g/mol. The van der Waals surface area contributed by atoms with Crippen molar-refractivity contribution in [1.82, 2.24) is 9.97 Å². The molecule has 0 radical (unpaired) electrons. The molecule has 1 N–H and O–H groups in total. The van der Waals surface area contributed by atoms with Crippen molar-refractivity contribution in [2.45, 2.75) is 13.0 Å². The molecule has 3 nitrogen and oxygen atoms in total. The number of aromatic amines is 1. The van der Waals surface area contributed by atoms with Crippen molar-refractivity contribution >= 4 is 17.3 Å². The summed E-state index contributed by atoms with van der Waals surface area (Å²) in [5, 5.41) is 0.770. The molecule has 0 saturated carbocycles. The highest BCUT2D eigenvalue weighted by atomic mass is 35.5. The van der Waals surface area contributed by atoms with E-state index in [-0.39, 0.29) is 0 Å². The average Bonchev–Trinajstić information content (AvgIpc) is 3.18. The van der Waals surface area contributed by atoms with Gasteiger partial charge in [0.1, 0.15) is 0 Å². The zero-order chi connectivity index (χ0) is 14.9. The highest BCUT2D eigenvalue weighted by Crippen LogP contribution is 2.34. The number of rotatable bonds is 3. The van der Waals surface area contributed by atoms with E-state index in [0.717, 1.165) is 35.8 Å². The third-order valence-corrected chi connectivity index (χ3v) is 4.38. The van der Waals surface area contributed by atoms with Crippen LogP contribution < -0.4 is 4.90 Å². The molecule has 1 aliphatic rings. The van der Waals surface area contributed by atoms with Crippen LogP contribution in [0.1, 0.15) is 11.3 Å². The molecular formula is C18H16ClN3. The molecule has 0 fully saturated rings. The monoisotopic (exact) mass is 309 g/mol. The second-order valence-corrected chi connectivity index (χ2v) is 6.02. The number of hydrogen-bond acceptors (Lipinski definition) is 2. The van der Waals surface area contributed by atoms with Gasteiger partial charge in [-0.05, 0) is 41.3 Å². The number of H-pyrrole nitrogens is 1. The molecule has 0 saturated heterocycles. The lowest BCUT2D eigenvalue weighted by Gasteiger charge is -2.19. The van der Waals surface area contributed by atoms with Gasteiger partial charge < -0.3 is 9.88 Å². The van der Waals surface area contributed by atoms with Gasteiger partial charge in [0.25, 0.3) is 0 Å². The maximum atomic E-state index is 6.11. The molecule has 3 aromatic rings. The van der Waals surface area contributed by atoms with Crippen LogP contribution in [0.25, 0.3) is 11.1 Å². The zero-order valence-corrected chi connectivity index (χ0v) is 12.8. The molecule has 0 spiro atoms. The van der Waals surface area contributed by atoms with Crippen molar-refractivity contribution in [3.8, 4) is 11.1 Å². The van der Waals surface area contributed by atoms with Crippen LogP contribution >= 0.6 is 11.6 Å². The average molecular weight is 310 g/mol. The molecule has 0 amide bonds. The van der Waals surface area contributed by atoms with E-state index in [1.54, 1.807) is 6.33 Å². The van der Waals surface area contributed by atoms with Crippen molar-refractivity contribution < 1.29 is 0 Å². The van der Waals surface area contributed by atoms with Crippen LogP contribution in [0.5, 0.6) is 0 Å². The Hall–Kier alpha value is -2.26. The molecule has 110 valence electrons. The predicted octanol–water partition coefficient (Wildman–Crippen LogP) is 4.29. The number of benzene rings is 2. The van der Waals surface area contributed by atoms with E-state index in [2.05, 4.69) is 39.1 Å². The highest BCUT2D eigenvalue weighted by Gasteiger charge is 2.20. The Morgan fingerprint density at radius 1 is 1.14 bits per heavy atom. The SMILES string of the molecule is Clc1cccc(-c2ccc3c(c2)N(Cc2c[nH]cn2)CC3)c1. The summed E-state index contributed by atoms with van der Waals surface area (Å²) in [6, 6.07) is 14.7. The summed E-state index contributed by atoms with van der Waals surface area (Å²) in [7, 11) is 0. The summed E-state index contributed by atoms with van der Waals surface area (Å²) in [5.74, 6) is 0. The first-order valence-electron chi connectivity index (χ1n) is 7.41. The van der Waals surface area contributed by atoms with Gasteiger partial charge in [-0.15, -0.1) is 0 Å². The predicted molar refractivity (Wildman–Crippen MR) is 90.2 cm³/mol. The summed E-state index contributed by atoms with van der Waals surface area (Å²) in [5.41, 5.74) is 6.14. The van der Waals surface area contributed by atoms with Crippen LogP contribution in [0.2, 0.25) is 5.02 Å². The zero-order valence-electron chi connectivity index (χ0n) is 12.1. The van der Waals surface area contributed by atoms with Crippen molar-refractivity contribution in [3.05, 3.63) is 71.3 Å². The molecule has 0 aliphatic carbocycles. The van der Waals surface area contributed by atoms with Crippen LogP contribution in [0.15, 0.2) is 55.0 Å². The number of imidazole rings is 1. The first-order valence-corrected chi connectivity index (χ1v) is 7.79. The largest absolute Gasteiger partial charge is 0.365 e. The molecule has 0 unspecified atom stereocenters. The Kier molecular flexibility index (Phi) is 3.35. The fraction of sp³-hybridized carbons (Fsp3) is 0.167. The van der Waals surface area contributed by atoms with Gasteiger partial charge in [-0.3, -0.25) is 0 Å². The minimum absolute atomic E-state index is 0.770. The maximum absolute atomic E-state index is 6.11. The second-order valence-electron chi connectivity index (χ2n) is 5.59. The third kappa shape index (κ3) is 2.48. The minimum atomic E-state index is 0.770. The number of nitrogens with zero attached hydrogens (tertiary/aromatic N) is 2. The normalized spacial score (nSPS) is 13.4. The Morgan fingerprint density at radius 2 is 2.05 bits per heavy atom. The number of halogens is 1. The first kappa shape index (κ1) is 13.4. The van der Waals surface area contributed by atoms with Crippen LogP contribution in [0.3, 0.4) is 0 Å². The first-order chi connectivity index (χ1) is 10.8. The summed E-state index contributed by atoms with van der Waals surface area (Å²) < 4.78 is 0. The van der Waals surface area contributed by atoms with Crippen molar-refractivity contribution in [2.24, 2.45) is 0 Å². The van der Waals surface area contributed by atoms with Crippen molar-refractivity contribution in [1.29, 1.82) is 0 Å². The number of aromatic nitrogens is 2. The fourth-order valence-electron chi connectivity index (χ4n) is 3.03. The maximum Gasteiger partial charge on any atom is 0.0923 e. The Bertz CT molecular complexity index is 796. The van der Waals surface area contributed by atoms with E-state index in [9.17, 15) is 0 Å². The molecule has 4 heteroatoms. The van der Waals surface area contributed by atoms with Gasteiger partial charge in [-0.2, -0.15) is 0 Å². The topological polar surface area (TPSA) is 31.9 Å². The van der Waals surface area contributed by atoms with Gasteiger partial charge in [0.05, 0.1) is 18.6 Å². The van der Waals surface area contributed by atoms with E-state index >= 15 is 0 Å². The molecule has 0 atom stereocenters. The van der Waals surface area contributed by atoms with Gasteiger partial charge in [0.2, 0.25) is 0 Å². The van der Waals surface area contributed by atoms with E-state index in [0.29, 0.717) is 0 Å². The summed E-state index contributed by atoms with van der Waals surface area (Å²) in [4.78, 5) is 9.74. The van der Waals surface area contributed by atoms with Gasteiger partial charge in [-0.1, -0.05) is 35.9 Å². The number of nitrogens with one attached hydrogen (secondary N) is 1. The molecule has 1 aliphatic heterocycles. The Morgan fingerprint density at radius 3 is 2.86 bits per heavy atom. The fourth-order valence-corrected chi connectivity index (χ4v) is 3.22. The standard InChI is InChI=1S/C18H16ClN3/c19-16-3-1-2-14(8-16)15-5-4-13-6-7-22(18(13)9-15)11-17-10-20-12-21-17/h1-5,8-10,12H,6-7,11H2,(H,20,21). The highest BCUT2D eigenvalue weighted by molar-refractivity contribution is 6.30. The number of anilines is 1. The lowest BCUT2D eigenvalue weighted by atomic mass is 10.0. The molecule has 4 rings (SSSR count). The van der Waals surface area contributed by atoms with Gasteiger partial charge >= 0.3 is 0 Å². The minimum Gasteiger partial charge on any atom is -0.365 e. The quantitative estimate of drug-likeness (QED) is 0.782. The number of fused-ring (bicyclic) bond motifs is 1. The second kappa shape index (κ2) is 5.50. The summed E-state index contributed by atoms with van der Waals surface area (Å²) in [6.45, 7) is 1.89. The Labute approximate surface area is 134 Å². The third-order valence-electron chi connectivity index (χ3n) is 4.14. The van der Waals surface area contributed by atoms with E-state index < -0.39 is 0 Å². The Balaban J connectivity index is 1.68. The molecule has 0 bridgehead atoms. The lowest BCUT2D eigenvalue weighted by Crippen LogP contribution is -2.19. The molecule has 2 aromatic carbocycles. The van der Waals surface area contributed by atoms with E-state index in [4.69, 9.17) is 11.6 Å². The van der Waals surface area contributed by atoms with E-state index in [1.807, 2.05) is 24.4 Å². The van der Waals surface area contributed by atoms with Crippen molar-refractivity contribution in [2.75, 3.05) is 11.4 Å². The summed E-state index contributed by atoms with van der Waals surface area (Å²) >= 11 is 6.11. The van der Waals surface area contributed by atoms with Gasteiger partial charge in [-0.25, -0.2) is 4.98 Å².